The van der Waals surface area contributed by atoms with Crippen LogP contribution < -0.4 is 5.32 Å². The van der Waals surface area contributed by atoms with E-state index in [1.165, 1.54) is 22.1 Å². The number of rotatable bonds is 6. The number of nitrogens with one attached hydrogen (secondary N) is 1. The third-order valence-corrected chi connectivity index (χ3v) is 3.78. The molecule has 0 aliphatic heterocycles. The van der Waals surface area contributed by atoms with Crippen LogP contribution in [0.1, 0.15) is 29.3 Å². The summed E-state index contributed by atoms with van der Waals surface area (Å²) in [5.74, 6) is 1.23. The van der Waals surface area contributed by atoms with Crippen molar-refractivity contribution >= 4 is 23.1 Å². The Balaban J connectivity index is 2.25. The molecule has 0 saturated heterocycles. The van der Waals surface area contributed by atoms with Gasteiger partial charge in [0.2, 0.25) is 0 Å². The van der Waals surface area contributed by atoms with E-state index in [0.717, 1.165) is 6.54 Å². The highest BCUT2D eigenvalue weighted by Gasteiger charge is 2.07. The van der Waals surface area contributed by atoms with Gasteiger partial charge in [0.05, 0.1) is 6.04 Å². The molecule has 0 saturated carbocycles. The van der Waals surface area contributed by atoms with Gasteiger partial charge in [0, 0.05) is 11.1 Å². The molecule has 1 aromatic rings. The van der Waals surface area contributed by atoms with Crippen molar-refractivity contribution in [3.05, 3.63) is 16.1 Å². The Morgan fingerprint density at radius 2 is 2.43 bits per heavy atom. The maximum atomic E-state index is 4.37. The number of aromatic nitrogens is 1. The molecule has 1 N–H and O–H groups in total. The molecule has 0 bridgehead atoms. The molecular weight excluding hydrogens is 212 g/mol. The molecule has 4 heteroatoms. The average molecular weight is 230 g/mol. The number of thiazole rings is 1. The largest absolute Gasteiger partial charge is 0.308 e. The molecule has 2 nitrogen and oxygen atoms in total. The second-order valence-electron chi connectivity index (χ2n) is 3.33. The number of hydrogen-bond acceptors (Lipinski definition) is 4. The van der Waals surface area contributed by atoms with Gasteiger partial charge in [-0.2, -0.15) is 11.8 Å². The third kappa shape index (κ3) is 3.98. The maximum absolute atomic E-state index is 4.37. The molecule has 0 aromatic carbocycles. The van der Waals surface area contributed by atoms with Crippen LogP contribution in [0, 0.1) is 6.92 Å². The summed E-state index contributed by atoms with van der Waals surface area (Å²) in [4.78, 5) is 5.65. The van der Waals surface area contributed by atoms with Gasteiger partial charge in [-0.1, -0.05) is 0 Å². The van der Waals surface area contributed by atoms with Crippen molar-refractivity contribution in [3.8, 4) is 0 Å². The zero-order valence-electron chi connectivity index (χ0n) is 9.04. The average Bonchev–Trinajstić information content (AvgIpc) is 2.59. The minimum Gasteiger partial charge on any atom is -0.308 e. The van der Waals surface area contributed by atoms with E-state index in [9.17, 15) is 0 Å². The third-order valence-electron chi connectivity index (χ3n) is 1.99. The molecule has 0 spiro atoms. The smallest absolute Gasteiger partial charge is 0.109 e. The molecule has 1 aromatic heterocycles. The van der Waals surface area contributed by atoms with E-state index in [1.807, 2.05) is 18.0 Å². The van der Waals surface area contributed by atoms with E-state index in [-0.39, 0.29) is 0 Å². The molecular formula is C10H18N2S2. The topological polar surface area (TPSA) is 24.9 Å². The lowest BCUT2D eigenvalue weighted by Crippen LogP contribution is -2.20. The Morgan fingerprint density at radius 3 is 3.00 bits per heavy atom. The molecule has 0 aliphatic rings. The first kappa shape index (κ1) is 12.0. The number of aryl methyl sites for hydroxylation is 1. The van der Waals surface area contributed by atoms with Gasteiger partial charge in [0.1, 0.15) is 5.01 Å². The minimum atomic E-state index is 0.399. The monoisotopic (exact) mass is 230 g/mol. The summed E-state index contributed by atoms with van der Waals surface area (Å²) in [7, 11) is 0. The van der Waals surface area contributed by atoms with Gasteiger partial charge < -0.3 is 5.32 Å². The van der Waals surface area contributed by atoms with Gasteiger partial charge in [-0.15, -0.1) is 11.3 Å². The summed E-state index contributed by atoms with van der Waals surface area (Å²) >= 11 is 3.68. The van der Waals surface area contributed by atoms with Crippen LogP contribution in [-0.4, -0.2) is 23.5 Å². The van der Waals surface area contributed by atoms with Crippen LogP contribution in [0.25, 0.3) is 0 Å². The van der Waals surface area contributed by atoms with Gasteiger partial charge in [-0.3, -0.25) is 0 Å². The van der Waals surface area contributed by atoms with Crippen LogP contribution >= 0.6 is 23.1 Å². The number of hydrogen-bond donors (Lipinski definition) is 1. The molecule has 80 valence electrons. The van der Waals surface area contributed by atoms with Crippen LogP contribution in [0.5, 0.6) is 0 Å². The van der Waals surface area contributed by atoms with E-state index in [2.05, 4.69) is 30.4 Å². The first-order valence-electron chi connectivity index (χ1n) is 4.88. The van der Waals surface area contributed by atoms with Crippen LogP contribution in [0.2, 0.25) is 0 Å². The molecule has 0 aliphatic carbocycles. The van der Waals surface area contributed by atoms with Crippen molar-refractivity contribution < 1.29 is 0 Å². The molecule has 1 atom stereocenters. The van der Waals surface area contributed by atoms with E-state index >= 15 is 0 Å². The highest BCUT2D eigenvalue weighted by Crippen LogP contribution is 2.18. The fourth-order valence-corrected chi connectivity index (χ4v) is 2.43. The Hall–Kier alpha value is -0.0600. The van der Waals surface area contributed by atoms with Crippen molar-refractivity contribution in [2.24, 2.45) is 0 Å². The van der Waals surface area contributed by atoms with Crippen molar-refractivity contribution in [2.75, 3.05) is 18.6 Å². The zero-order chi connectivity index (χ0) is 10.4. The summed E-state index contributed by atoms with van der Waals surface area (Å²) in [6.07, 6.45) is 5.32. The van der Waals surface area contributed by atoms with E-state index in [4.69, 9.17) is 0 Å². The molecule has 0 amide bonds. The van der Waals surface area contributed by atoms with Gasteiger partial charge in [-0.25, -0.2) is 4.98 Å². The standard InChI is InChI=1S/C10H18N2S2/c1-8-7-12-10(14-8)9(2)11-5-4-6-13-3/h7,9,11H,4-6H2,1-3H3. The molecule has 0 radical (unpaired) electrons. The Morgan fingerprint density at radius 1 is 1.64 bits per heavy atom. The normalized spacial score (nSPS) is 13.1. The lowest BCUT2D eigenvalue weighted by atomic mass is 10.3. The summed E-state index contributed by atoms with van der Waals surface area (Å²) in [5.41, 5.74) is 0. The summed E-state index contributed by atoms with van der Waals surface area (Å²) in [6, 6.07) is 0.399. The first-order chi connectivity index (χ1) is 6.74. The summed E-state index contributed by atoms with van der Waals surface area (Å²) in [5, 5.41) is 4.68. The van der Waals surface area contributed by atoms with Crippen LogP contribution in [0.15, 0.2) is 6.20 Å². The van der Waals surface area contributed by atoms with Crippen molar-refractivity contribution in [2.45, 2.75) is 26.3 Å². The highest BCUT2D eigenvalue weighted by molar-refractivity contribution is 7.98. The molecule has 14 heavy (non-hydrogen) atoms. The minimum absolute atomic E-state index is 0.399. The van der Waals surface area contributed by atoms with Gasteiger partial charge in [0.15, 0.2) is 0 Å². The maximum Gasteiger partial charge on any atom is 0.109 e. The van der Waals surface area contributed by atoms with Crippen molar-refractivity contribution in [1.29, 1.82) is 0 Å². The fraction of sp³-hybridized carbons (Fsp3) is 0.700. The van der Waals surface area contributed by atoms with Gasteiger partial charge in [0.25, 0.3) is 0 Å². The molecule has 1 rings (SSSR count). The first-order valence-corrected chi connectivity index (χ1v) is 7.09. The number of nitrogens with zero attached hydrogens (tertiary/aromatic N) is 1. The lowest BCUT2D eigenvalue weighted by Gasteiger charge is -2.10. The van der Waals surface area contributed by atoms with Gasteiger partial charge >= 0.3 is 0 Å². The molecule has 1 unspecified atom stereocenters. The van der Waals surface area contributed by atoms with Gasteiger partial charge in [-0.05, 0) is 38.8 Å². The number of thioether (sulfide) groups is 1. The predicted molar refractivity (Wildman–Crippen MR) is 66.3 cm³/mol. The van der Waals surface area contributed by atoms with E-state index < -0.39 is 0 Å². The van der Waals surface area contributed by atoms with Crippen molar-refractivity contribution in [3.63, 3.8) is 0 Å². The second-order valence-corrected chi connectivity index (χ2v) is 5.58. The Bertz CT molecular complexity index is 260. The summed E-state index contributed by atoms with van der Waals surface area (Å²) < 4.78 is 0. The zero-order valence-corrected chi connectivity index (χ0v) is 10.7. The van der Waals surface area contributed by atoms with Crippen molar-refractivity contribution in [1.82, 2.24) is 10.3 Å². The lowest BCUT2D eigenvalue weighted by molar-refractivity contribution is 0.570. The predicted octanol–water partition coefficient (Wildman–Crippen LogP) is 2.86. The summed E-state index contributed by atoms with van der Waals surface area (Å²) in [6.45, 7) is 5.36. The Labute approximate surface area is 94.5 Å². The molecule has 0 fully saturated rings. The molecule has 1 heterocycles. The van der Waals surface area contributed by atoms with E-state index in [0.29, 0.717) is 6.04 Å². The highest BCUT2D eigenvalue weighted by atomic mass is 32.2. The quantitative estimate of drug-likeness (QED) is 0.761. The SMILES string of the molecule is CSCCCNC(C)c1ncc(C)s1. The second kappa shape index (κ2) is 6.43. The van der Waals surface area contributed by atoms with Crippen LogP contribution in [0.3, 0.4) is 0 Å². The fourth-order valence-electron chi connectivity index (χ4n) is 1.19. The van der Waals surface area contributed by atoms with Crippen LogP contribution in [-0.2, 0) is 0 Å². The van der Waals surface area contributed by atoms with Crippen LogP contribution in [0.4, 0.5) is 0 Å². The van der Waals surface area contributed by atoms with E-state index in [1.54, 1.807) is 11.3 Å². The Kier molecular flexibility index (Phi) is 5.52.